The first kappa shape index (κ1) is 11.4. The average molecular weight is 221 g/mol. The molecule has 1 fully saturated rings. The summed E-state index contributed by atoms with van der Waals surface area (Å²) in [6.07, 6.45) is 1.05. The topological polar surface area (TPSA) is 41.5 Å². The minimum absolute atomic E-state index is 0.276. The molecule has 2 atom stereocenters. The van der Waals surface area contributed by atoms with Crippen LogP contribution in [0.1, 0.15) is 17.9 Å². The molecule has 2 rings (SSSR count). The summed E-state index contributed by atoms with van der Waals surface area (Å²) in [6, 6.07) is 8.16. The normalized spacial score (nSPS) is 25.4. The van der Waals surface area contributed by atoms with Crippen LogP contribution in [0.25, 0.3) is 0 Å². The van der Waals surface area contributed by atoms with Gasteiger partial charge in [0.1, 0.15) is 5.75 Å². The van der Waals surface area contributed by atoms with E-state index in [0.717, 1.165) is 25.3 Å². The van der Waals surface area contributed by atoms with Crippen LogP contribution in [0, 0.1) is 5.92 Å². The van der Waals surface area contributed by atoms with E-state index in [1.165, 1.54) is 5.56 Å². The predicted molar refractivity (Wildman–Crippen MR) is 63.8 cm³/mol. The Labute approximate surface area is 96.4 Å². The van der Waals surface area contributed by atoms with Gasteiger partial charge in [-0.1, -0.05) is 12.1 Å². The van der Waals surface area contributed by atoms with Gasteiger partial charge in [0.15, 0.2) is 0 Å². The molecular formula is C13H19NO2. The van der Waals surface area contributed by atoms with Crippen molar-refractivity contribution in [1.29, 1.82) is 0 Å². The van der Waals surface area contributed by atoms with Crippen molar-refractivity contribution < 1.29 is 9.84 Å². The Morgan fingerprint density at radius 1 is 1.38 bits per heavy atom. The van der Waals surface area contributed by atoms with Crippen molar-refractivity contribution >= 4 is 0 Å². The van der Waals surface area contributed by atoms with Gasteiger partial charge in [-0.25, -0.2) is 0 Å². The van der Waals surface area contributed by atoms with Gasteiger partial charge in [-0.2, -0.15) is 0 Å². The second-order valence-corrected chi connectivity index (χ2v) is 4.32. The molecule has 0 aliphatic carbocycles. The number of aliphatic hydroxyl groups excluding tert-OH is 1. The Morgan fingerprint density at radius 3 is 2.75 bits per heavy atom. The molecule has 0 bridgehead atoms. The fraction of sp³-hybridized carbons (Fsp3) is 0.538. The van der Waals surface area contributed by atoms with E-state index in [1.54, 1.807) is 7.11 Å². The number of benzene rings is 1. The van der Waals surface area contributed by atoms with Crippen LogP contribution in [0.2, 0.25) is 0 Å². The molecule has 0 aromatic heterocycles. The number of rotatable bonds is 3. The first-order valence-corrected chi connectivity index (χ1v) is 5.80. The van der Waals surface area contributed by atoms with Crippen LogP contribution in [-0.2, 0) is 0 Å². The molecule has 0 spiro atoms. The van der Waals surface area contributed by atoms with Crippen LogP contribution in [0.4, 0.5) is 0 Å². The van der Waals surface area contributed by atoms with E-state index in [2.05, 4.69) is 17.4 Å². The van der Waals surface area contributed by atoms with E-state index in [9.17, 15) is 5.11 Å². The summed E-state index contributed by atoms with van der Waals surface area (Å²) in [5, 5.41) is 12.8. The number of methoxy groups -OCH3 is 1. The highest BCUT2D eigenvalue weighted by molar-refractivity contribution is 5.30. The van der Waals surface area contributed by atoms with E-state index in [-0.39, 0.29) is 6.61 Å². The molecule has 1 aliphatic rings. The van der Waals surface area contributed by atoms with E-state index in [1.807, 2.05) is 12.1 Å². The van der Waals surface area contributed by atoms with Crippen molar-refractivity contribution in [3.8, 4) is 5.75 Å². The Balaban J connectivity index is 2.14. The monoisotopic (exact) mass is 221 g/mol. The first-order valence-electron chi connectivity index (χ1n) is 5.80. The number of hydrogen-bond acceptors (Lipinski definition) is 3. The fourth-order valence-corrected chi connectivity index (χ4v) is 2.37. The molecule has 1 saturated heterocycles. The predicted octanol–water partition coefficient (Wildman–Crippen LogP) is 1.38. The van der Waals surface area contributed by atoms with Crippen LogP contribution in [0.15, 0.2) is 24.3 Å². The summed E-state index contributed by atoms with van der Waals surface area (Å²) in [5.41, 5.74) is 1.28. The summed E-state index contributed by atoms with van der Waals surface area (Å²) in [6.45, 7) is 2.24. The zero-order valence-electron chi connectivity index (χ0n) is 9.65. The molecule has 1 aromatic carbocycles. The van der Waals surface area contributed by atoms with Gasteiger partial charge in [0.25, 0.3) is 0 Å². The van der Waals surface area contributed by atoms with Crippen molar-refractivity contribution in [1.82, 2.24) is 5.32 Å². The number of aliphatic hydroxyl groups is 1. The highest BCUT2D eigenvalue weighted by Crippen LogP contribution is 2.29. The minimum atomic E-state index is 0.276. The van der Waals surface area contributed by atoms with Crippen molar-refractivity contribution in [2.75, 3.05) is 26.8 Å². The maximum Gasteiger partial charge on any atom is 0.118 e. The maximum absolute atomic E-state index is 9.37. The zero-order chi connectivity index (χ0) is 11.4. The Bertz CT molecular complexity index is 323. The molecule has 16 heavy (non-hydrogen) atoms. The lowest BCUT2D eigenvalue weighted by Crippen LogP contribution is -2.36. The van der Waals surface area contributed by atoms with Gasteiger partial charge in [0.05, 0.1) is 7.11 Å². The fourth-order valence-electron chi connectivity index (χ4n) is 2.37. The second kappa shape index (κ2) is 5.32. The van der Waals surface area contributed by atoms with Gasteiger partial charge in [0, 0.05) is 19.1 Å². The van der Waals surface area contributed by atoms with Crippen LogP contribution < -0.4 is 10.1 Å². The van der Waals surface area contributed by atoms with Gasteiger partial charge in [-0.3, -0.25) is 0 Å². The van der Waals surface area contributed by atoms with Crippen molar-refractivity contribution in [3.05, 3.63) is 29.8 Å². The highest BCUT2D eigenvalue weighted by Gasteiger charge is 2.25. The summed E-state index contributed by atoms with van der Waals surface area (Å²) < 4.78 is 5.14. The summed E-state index contributed by atoms with van der Waals surface area (Å²) >= 11 is 0. The third-order valence-electron chi connectivity index (χ3n) is 3.40. The molecule has 0 radical (unpaired) electrons. The maximum atomic E-state index is 9.37. The standard InChI is InChI=1S/C13H19NO2/c1-16-12-4-2-10(3-5-12)13-8-14-7-6-11(13)9-15/h2-5,11,13-15H,6-9H2,1H3. The molecule has 2 N–H and O–H groups in total. The second-order valence-electron chi connectivity index (χ2n) is 4.32. The molecule has 0 amide bonds. The third-order valence-corrected chi connectivity index (χ3v) is 3.40. The van der Waals surface area contributed by atoms with Crippen LogP contribution in [-0.4, -0.2) is 31.9 Å². The average Bonchev–Trinajstić information content (AvgIpc) is 2.39. The van der Waals surface area contributed by atoms with Gasteiger partial charge >= 0.3 is 0 Å². The van der Waals surface area contributed by atoms with E-state index in [4.69, 9.17) is 4.74 Å². The lowest BCUT2D eigenvalue weighted by atomic mass is 9.82. The first-order chi connectivity index (χ1) is 7.85. The zero-order valence-corrected chi connectivity index (χ0v) is 9.65. The highest BCUT2D eigenvalue weighted by atomic mass is 16.5. The lowest BCUT2D eigenvalue weighted by molar-refractivity contribution is 0.176. The number of ether oxygens (including phenoxy) is 1. The smallest absolute Gasteiger partial charge is 0.118 e. The Kier molecular flexibility index (Phi) is 3.80. The van der Waals surface area contributed by atoms with Gasteiger partial charge in [-0.05, 0) is 36.6 Å². The molecule has 1 aromatic rings. The summed E-state index contributed by atoms with van der Waals surface area (Å²) in [4.78, 5) is 0. The number of hydrogen-bond donors (Lipinski definition) is 2. The number of piperidine rings is 1. The summed E-state index contributed by atoms with van der Waals surface area (Å²) in [5.74, 6) is 1.69. The Hall–Kier alpha value is -1.06. The van der Waals surface area contributed by atoms with Gasteiger partial charge < -0.3 is 15.2 Å². The van der Waals surface area contributed by atoms with Gasteiger partial charge in [0.2, 0.25) is 0 Å². The third kappa shape index (κ3) is 2.36. The van der Waals surface area contributed by atoms with Crippen molar-refractivity contribution in [3.63, 3.8) is 0 Å². The molecule has 2 unspecified atom stereocenters. The molecule has 3 nitrogen and oxygen atoms in total. The molecular weight excluding hydrogens is 202 g/mol. The van der Waals surface area contributed by atoms with Crippen molar-refractivity contribution in [2.24, 2.45) is 5.92 Å². The molecule has 88 valence electrons. The SMILES string of the molecule is COc1ccc(C2CNCCC2CO)cc1. The quantitative estimate of drug-likeness (QED) is 0.810. The molecule has 1 aliphatic heterocycles. The number of nitrogens with one attached hydrogen (secondary N) is 1. The van der Waals surface area contributed by atoms with Crippen LogP contribution >= 0.6 is 0 Å². The van der Waals surface area contributed by atoms with Crippen molar-refractivity contribution in [2.45, 2.75) is 12.3 Å². The minimum Gasteiger partial charge on any atom is -0.497 e. The molecule has 3 heteroatoms. The lowest BCUT2D eigenvalue weighted by Gasteiger charge is -2.31. The largest absolute Gasteiger partial charge is 0.497 e. The molecule has 1 heterocycles. The van der Waals surface area contributed by atoms with E-state index < -0.39 is 0 Å². The van der Waals surface area contributed by atoms with Crippen LogP contribution in [0.5, 0.6) is 5.75 Å². The Morgan fingerprint density at radius 2 is 2.12 bits per heavy atom. The summed E-state index contributed by atoms with van der Waals surface area (Å²) in [7, 11) is 1.67. The van der Waals surface area contributed by atoms with E-state index in [0.29, 0.717) is 11.8 Å². The van der Waals surface area contributed by atoms with Crippen LogP contribution in [0.3, 0.4) is 0 Å². The molecule has 0 saturated carbocycles. The van der Waals surface area contributed by atoms with E-state index >= 15 is 0 Å². The van der Waals surface area contributed by atoms with Gasteiger partial charge in [-0.15, -0.1) is 0 Å².